The van der Waals surface area contributed by atoms with Gasteiger partial charge in [-0.25, -0.2) is 9.59 Å². The summed E-state index contributed by atoms with van der Waals surface area (Å²) in [6.45, 7) is 4.10. The predicted molar refractivity (Wildman–Crippen MR) is 91.0 cm³/mol. The molecule has 0 amide bonds. The fraction of sp³-hybridized carbons (Fsp3) is 0.444. The maximum absolute atomic E-state index is 9.55. The van der Waals surface area contributed by atoms with E-state index in [1.54, 1.807) is 0 Å². The van der Waals surface area contributed by atoms with Crippen LogP contribution in [0.5, 0.6) is 0 Å². The average molecular weight is 335 g/mol. The Morgan fingerprint density at radius 3 is 2.33 bits per heavy atom. The van der Waals surface area contributed by atoms with Crippen LogP contribution < -0.4 is 5.32 Å². The number of likely N-dealkylation sites (N-methyl/N-ethyl adjacent to an activating group) is 1. The monoisotopic (exact) mass is 335 g/mol. The lowest BCUT2D eigenvalue weighted by molar-refractivity contribution is -0.134. The van der Waals surface area contributed by atoms with Crippen molar-refractivity contribution in [3.05, 3.63) is 48.0 Å². The number of nitrogens with one attached hydrogen (secondary N) is 1. The highest BCUT2D eigenvalue weighted by Crippen LogP contribution is 2.18. The van der Waals surface area contributed by atoms with Gasteiger partial charge in [0.1, 0.15) is 0 Å². The van der Waals surface area contributed by atoms with E-state index in [9.17, 15) is 9.59 Å². The number of aliphatic carboxylic acids is 2. The summed E-state index contributed by atoms with van der Waals surface area (Å²) in [4.78, 5) is 19.1. The van der Waals surface area contributed by atoms with Gasteiger partial charge in [0, 0.05) is 24.8 Å². The van der Waals surface area contributed by atoms with Gasteiger partial charge in [0.15, 0.2) is 0 Å². The molecule has 6 nitrogen and oxygen atoms in total. The fourth-order valence-electron chi connectivity index (χ4n) is 2.53. The van der Waals surface area contributed by atoms with Gasteiger partial charge in [-0.15, -0.1) is 0 Å². The summed E-state index contributed by atoms with van der Waals surface area (Å²) in [5, 5.41) is 19.2. The third kappa shape index (κ3) is 8.45. The topological polar surface area (TPSA) is 95.9 Å². The Morgan fingerprint density at radius 1 is 1.25 bits per heavy atom. The van der Waals surface area contributed by atoms with Gasteiger partial charge in [-0.2, -0.15) is 0 Å². The van der Waals surface area contributed by atoms with E-state index in [2.05, 4.69) is 42.6 Å². The molecular formula is C18H25NO5. The van der Waals surface area contributed by atoms with Crippen molar-refractivity contribution in [1.29, 1.82) is 0 Å². The number of benzene rings is 1. The summed E-state index contributed by atoms with van der Waals surface area (Å²) in [5.41, 5.74) is 1.39. The molecule has 0 spiro atoms. The lowest BCUT2D eigenvalue weighted by Crippen LogP contribution is -2.41. The lowest BCUT2D eigenvalue weighted by atomic mass is 9.99. The number of rotatable bonds is 7. The molecule has 1 aliphatic rings. The normalized spacial score (nSPS) is 18.0. The van der Waals surface area contributed by atoms with Gasteiger partial charge < -0.3 is 20.3 Å². The first kappa shape index (κ1) is 19.9. The number of carboxylic acid groups (broad SMARTS) is 2. The molecule has 132 valence electrons. The zero-order valence-electron chi connectivity index (χ0n) is 13.9. The van der Waals surface area contributed by atoms with Crippen molar-refractivity contribution < 1.29 is 24.5 Å². The highest BCUT2D eigenvalue weighted by Gasteiger charge is 2.25. The van der Waals surface area contributed by atoms with Crippen LogP contribution in [0.15, 0.2) is 42.5 Å². The van der Waals surface area contributed by atoms with Crippen LogP contribution in [0.2, 0.25) is 0 Å². The number of carbonyl (C=O) groups is 2. The van der Waals surface area contributed by atoms with E-state index in [4.69, 9.17) is 14.9 Å². The van der Waals surface area contributed by atoms with Crippen LogP contribution in [-0.4, -0.2) is 47.4 Å². The third-order valence-electron chi connectivity index (χ3n) is 3.55. The number of ether oxygens (including phenoxy) is 1. The molecule has 2 rings (SSSR count). The summed E-state index contributed by atoms with van der Waals surface area (Å²) in [7, 11) is 0. The maximum atomic E-state index is 9.55. The SMILES string of the molecule is CCNC(Cc1ccccc1)C1CCCO1.O=C(O)/C=C\C(=O)O. The predicted octanol–water partition coefficient (Wildman–Crippen LogP) is 2.10. The highest BCUT2D eigenvalue weighted by atomic mass is 16.5. The van der Waals surface area contributed by atoms with E-state index in [1.807, 2.05) is 0 Å². The van der Waals surface area contributed by atoms with Crippen molar-refractivity contribution in [2.75, 3.05) is 13.2 Å². The van der Waals surface area contributed by atoms with E-state index >= 15 is 0 Å². The Balaban J connectivity index is 0.000000307. The van der Waals surface area contributed by atoms with Gasteiger partial charge in [0.05, 0.1) is 6.10 Å². The molecule has 6 heteroatoms. The van der Waals surface area contributed by atoms with Crippen LogP contribution >= 0.6 is 0 Å². The average Bonchev–Trinajstić information content (AvgIpc) is 3.08. The van der Waals surface area contributed by atoms with Crippen LogP contribution in [0.4, 0.5) is 0 Å². The first-order valence-electron chi connectivity index (χ1n) is 8.05. The zero-order valence-corrected chi connectivity index (χ0v) is 13.9. The molecular weight excluding hydrogens is 310 g/mol. The van der Waals surface area contributed by atoms with Gasteiger partial charge in [0.25, 0.3) is 0 Å². The molecule has 1 aliphatic heterocycles. The van der Waals surface area contributed by atoms with E-state index in [0.717, 1.165) is 19.6 Å². The summed E-state index contributed by atoms with van der Waals surface area (Å²) in [6, 6.07) is 11.1. The van der Waals surface area contributed by atoms with Crippen molar-refractivity contribution in [2.45, 2.75) is 38.3 Å². The molecule has 0 bridgehead atoms. The molecule has 2 atom stereocenters. The first-order chi connectivity index (χ1) is 11.5. The molecule has 1 aromatic carbocycles. The Hall–Kier alpha value is -2.18. The van der Waals surface area contributed by atoms with E-state index in [1.165, 1.54) is 18.4 Å². The number of hydrogen-bond acceptors (Lipinski definition) is 4. The molecule has 1 saturated heterocycles. The molecule has 0 radical (unpaired) electrons. The van der Waals surface area contributed by atoms with Crippen molar-refractivity contribution in [3.63, 3.8) is 0 Å². The molecule has 3 N–H and O–H groups in total. The van der Waals surface area contributed by atoms with Gasteiger partial charge in [-0.3, -0.25) is 0 Å². The molecule has 0 aromatic heterocycles. The Morgan fingerprint density at radius 2 is 1.88 bits per heavy atom. The molecule has 1 fully saturated rings. The summed E-state index contributed by atoms with van der Waals surface area (Å²) in [5.74, 6) is -2.51. The largest absolute Gasteiger partial charge is 0.478 e. The summed E-state index contributed by atoms with van der Waals surface area (Å²) < 4.78 is 5.78. The standard InChI is InChI=1S/C14H21NO.C4H4O4/c1-2-15-13(14-9-6-10-16-14)11-12-7-4-3-5-8-12;5-3(6)1-2-4(7)8/h3-5,7-8,13-15H,2,6,9-11H2,1H3;1-2H,(H,5,6)(H,7,8)/b;2-1-. The van der Waals surface area contributed by atoms with Gasteiger partial charge in [-0.05, 0) is 31.4 Å². The quantitative estimate of drug-likeness (QED) is 0.661. The van der Waals surface area contributed by atoms with Crippen LogP contribution in [0.1, 0.15) is 25.3 Å². The van der Waals surface area contributed by atoms with Crippen molar-refractivity contribution in [2.24, 2.45) is 0 Å². The van der Waals surface area contributed by atoms with Gasteiger partial charge in [0.2, 0.25) is 0 Å². The Labute approximate surface area is 142 Å². The van der Waals surface area contributed by atoms with E-state index in [0.29, 0.717) is 24.3 Å². The first-order valence-corrected chi connectivity index (χ1v) is 8.05. The Kier molecular flexibility index (Phi) is 9.41. The Bertz CT molecular complexity index is 507. The highest BCUT2D eigenvalue weighted by molar-refractivity contribution is 5.89. The second-order valence-electron chi connectivity index (χ2n) is 5.42. The number of carboxylic acids is 2. The summed E-state index contributed by atoms with van der Waals surface area (Å²) >= 11 is 0. The number of hydrogen-bond donors (Lipinski definition) is 3. The lowest BCUT2D eigenvalue weighted by Gasteiger charge is -2.23. The van der Waals surface area contributed by atoms with E-state index in [-0.39, 0.29) is 0 Å². The van der Waals surface area contributed by atoms with Gasteiger partial charge >= 0.3 is 11.9 Å². The second kappa shape index (κ2) is 11.4. The van der Waals surface area contributed by atoms with Crippen LogP contribution in [-0.2, 0) is 20.7 Å². The van der Waals surface area contributed by atoms with Crippen molar-refractivity contribution >= 4 is 11.9 Å². The van der Waals surface area contributed by atoms with Crippen molar-refractivity contribution in [1.82, 2.24) is 5.32 Å². The van der Waals surface area contributed by atoms with Crippen LogP contribution in [0.3, 0.4) is 0 Å². The molecule has 1 heterocycles. The molecule has 1 aromatic rings. The minimum atomic E-state index is -1.26. The minimum Gasteiger partial charge on any atom is -0.478 e. The van der Waals surface area contributed by atoms with Gasteiger partial charge in [-0.1, -0.05) is 37.3 Å². The van der Waals surface area contributed by atoms with Crippen molar-refractivity contribution in [3.8, 4) is 0 Å². The minimum absolute atomic E-state index is 0.403. The third-order valence-corrected chi connectivity index (χ3v) is 3.55. The molecule has 0 saturated carbocycles. The second-order valence-corrected chi connectivity index (χ2v) is 5.42. The molecule has 0 aliphatic carbocycles. The smallest absolute Gasteiger partial charge is 0.328 e. The summed E-state index contributed by atoms with van der Waals surface area (Å²) in [6.07, 6.45) is 5.00. The van der Waals surface area contributed by atoms with Crippen LogP contribution in [0, 0.1) is 0 Å². The van der Waals surface area contributed by atoms with E-state index < -0.39 is 11.9 Å². The molecule has 2 unspecified atom stereocenters. The fourth-order valence-corrected chi connectivity index (χ4v) is 2.53. The zero-order chi connectivity index (χ0) is 17.8. The maximum Gasteiger partial charge on any atom is 0.328 e. The molecule has 24 heavy (non-hydrogen) atoms. The van der Waals surface area contributed by atoms with Crippen LogP contribution in [0.25, 0.3) is 0 Å².